The third kappa shape index (κ3) is 6.59. The van der Waals surface area contributed by atoms with Gasteiger partial charge in [0.05, 0.1) is 19.1 Å². The average molecular weight is 477 g/mol. The fourth-order valence-corrected chi connectivity index (χ4v) is 4.52. The molecule has 0 bridgehead atoms. The van der Waals surface area contributed by atoms with Crippen molar-refractivity contribution in [3.63, 3.8) is 0 Å². The van der Waals surface area contributed by atoms with Crippen LogP contribution in [0, 0.1) is 5.82 Å². The number of amides is 1. The molecule has 3 aromatic rings. The number of aromatic nitrogens is 2. The number of benzene rings is 1. The van der Waals surface area contributed by atoms with E-state index in [1.165, 1.54) is 75.9 Å². The van der Waals surface area contributed by atoms with Gasteiger partial charge in [-0.05, 0) is 35.9 Å². The monoisotopic (exact) mass is 476 g/mol. The molecule has 0 saturated heterocycles. The summed E-state index contributed by atoms with van der Waals surface area (Å²) in [6.45, 7) is 0.430. The highest BCUT2D eigenvalue weighted by atomic mass is 32.1. The number of carbonyl (C=O) groups is 1. The first-order valence-corrected chi connectivity index (χ1v) is 11.7. The second kappa shape index (κ2) is 11.9. The molecule has 0 radical (unpaired) electrons. The number of nitrogens with one attached hydrogen (secondary N) is 2. The lowest BCUT2D eigenvalue weighted by Crippen LogP contribution is -2.27. The highest BCUT2D eigenvalue weighted by molar-refractivity contribution is 7.16. The van der Waals surface area contributed by atoms with E-state index < -0.39 is 17.3 Å². The van der Waals surface area contributed by atoms with Crippen molar-refractivity contribution in [3.8, 4) is 5.75 Å². The number of hydrogen-bond acceptors (Lipinski definition) is 7. The number of ether oxygens (including phenoxy) is 2. The van der Waals surface area contributed by atoms with Crippen LogP contribution in [0.2, 0.25) is 0 Å². The Bertz CT molecular complexity index is 1140. The van der Waals surface area contributed by atoms with Gasteiger partial charge in [-0.1, -0.05) is 25.3 Å². The maximum atomic E-state index is 13.4. The zero-order chi connectivity index (χ0) is 23.8. The average Bonchev–Trinajstić information content (AvgIpc) is 3.23. The van der Waals surface area contributed by atoms with E-state index in [2.05, 4.69) is 15.3 Å². The van der Waals surface area contributed by atoms with Crippen LogP contribution in [0.5, 0.6) is 5.75 Å². The molecule has 1 aliphatic rings. The topological polar surface area (TPSA) is 119 Å². The number of halogens is 1. The van der Waals surface area contributed by atoms with Crippen molar-refractivity contribution in [2.75, 3.05) is 14.2 Å². The summed E-state index contributed by atoms with van der Waals surface area (Å²) in [5, 5.41) is 4.85. The lowest BCUT2D eigenvalue weighted by molar-refractivity contribution is 0.0940. The largest absolute Gasteiger partial charge is 0.494 e. The van der Waals surface area contributed by atoms with Crippen molar-refractivity contribution < 1.29 is 18.7 Å². The summed E-state index contributed by atoms with van der Waals surface area (Å²) in [7, 11) is 2.90. The summed E-state index contributed by atoms with van der Waals surface area (Å²) in [6.07, 6.45) is 6.66. The van der Waals surface area contributed by atoms with Crippen LogP contribution in [-0.4, -0.2) is 36.1 Å². The van der Waals surface area contributed by atoms with Crippen LogP contribution in [0.25, 0.3) is 10.2 Å². The van der Waals surface area contributed by atoms with Crippen LogP contribution in [0.1, 0.15) is 53.8 Å². The van der Waals surface area contributed by atoms with Gasteiger partial charge in [0.2, 0.25) is 5.82 Å². The van der Waals surface area contributed by atoms with Crippen LogP contribution in [0.3, 0.4) is 0 Å². The van der Waals surface area contributed by atoms with Gasteiger partial charge < -0.3 is 25.5 Å². The highest BCUT2D eigenvalue weighted by Gasteiger charge is 2.15. The van der Waals surface area contributed by atoms with Crippen LogP contribution in [0.4, 0.5) is 4.39 Å². The summed E-state index contributed by atoms with van der Waals surface area (Å²) in [5.74, 6) is -1.01. The first-order chi connectivity index (χ1) is 15.9. The van der Waals surface area contributed by atoms with Crippen molar-refractivity contribution in [2.45, 2.75) is 51.3 Å². The number of aromatic amines is 1. The molecule has 0 atom stereocenters. The van der Waals surface area contributed by atoms with E-state index in [0.29, 0.717) is 28.4 Å². The normalized spacial score (nSPS) is 13.9. The zero-order valence-electron chi connectivity index (χ0n) is 18.8. The highest BCUT2D eigenvalue weighted by Crippen LogP contribution is 2.22. The van der Waals surface area contributed by atoms with Crippen molar-refractivity contribution in [2.24, 2.45) is 5.73 Å². The molecule has 4 rings (SSSR count). The minimum atomic E-state index is -0.533. The molecule has 1 aromatic carbocycles. The van der Waals surface area contributed by atoms with Crippen LogP contribution < -0.4 is 21.3 Å². The molecule has 8 nitrogen and oxygen atoms in total. The third-order valence-corrected chi connectivity index (χ3v) is 6.27. The quantitative estimate of drug-likeness (QED) is 0.501. The van der Waals surface area contributed by atoms with Crippen molar-refractivity contribution >= 4 is 27.5 Å². The molecule has 1 saturated carbocycles. The Hall–Kier alpha value is -2.82. The molecule has 2 heterocycles. The van der Waals surface area contributed by atoms with E-state index >= 15 is 0 Å². The molecule has 0 aliphatic heterocycles. The SMILES string of the molecule is COCc1csc2nc(C(=O)NCc3ccc(F)c(OC)c3)[nH]c(=O)c12.NC1CCCCC1. The Morgan fingerprint density at radius 1 is 1.30 bits per heavy atom. The number of nitrogens with two attached hydrogens (primary N) is 1. The van der Waals surface area contributed by atoms with Crippen molar-refractivity contribution in [3.05, 3.63) is 56.7 Å². The predicted molar refractivity (Wildman–Crippen MR) is 126 cm³/mol. The molecule has 0 unspecified atom stereocenters. The summed E-state index contributed by atoms with van der Waals surface area (Å²) in [4.78, 5) is 31.7. The molecule has 178 valence electrons. The smallest absolute Gasteiger partial charge is 0.287 e. The fourth-order valence-electron chi connectivity index (χ4n) is 3.59. The van der Waals surface area contributed by atoms with Gasteiger partial charge >= 0.3 is 0 Å². The van der Waals surface area contributed by atoms with Gasteiger partial charge in [0.15, 0.2) is 11.6 Å². The summed E-state index contributed by atoms with van der Waals surface area (Å²) in [5.41, 5.74) is 6.62. The molecular weight excluding hydrogens is 447 g/mol. The van der Waals surface area contributed by atoms with Crippen LogP contribution in [-0.2, 0) is 17.9 Å². The minimum Gasteiger partial charge on any atom is -0.494 e. The third-order valence-electron chi connectivity index (χ3n) is 5.35. The Balaban J connectivity index is 0.000000374. The van der Waals surface area contributed by atoms with E-state index in [1.807, 2.05) is 0 Å². The van der Waals surface area contributed by atoms with E-state index in [-0.39, 0.29) is 18.1 Å². The summed E-state index contributed by atoms with van der Waals surface area (Å²) < 4.78 is 23.4. The lowest BCUT2D eigenvalue weighted by atomic mass is 9.97. The van der Waals surface area contributed by atoms with Crippen LogP contribution >= 0.6 is 11.3 Å². The zero-order valence-corrected chi connectivity index (χ0v) is 19.6. The number of carbonyl (C=O) groups excluding carboxylic acids is 1. The lowest BCUT2D eigenvalue weighted by Gasteiger charge is -2.15. The number of rotatable bonds is 6. The maximum absolute atomic E-state index is 13.4. The molecular formula is C23H29FN4O4S. The minimum absolute atomic E-state index is 0.0811. The molecule has 0 spiro atoms. The van der Waals surface area contributed by atoms with Gasteiger partial charge in [-0.2, -0.15) is 0 Å². The number of methoxy groups -OCH3 is 2. The second-order valence-electron chi connectivity index (χ2n) is 7.84. The number of thiophene rings is 1. The second-order valence-corrected chi connectivity index (χ2v) is 8.70. The van der Waals surface area contributed by atoms with E-state index in [0.717, 1.165) is 5.56 Å². The Morgan fingerprint density at radius 2 is 2.06 bits per heavy atom. The molecule has 2 aromatic heterocycles. The molecule has 33 heavy (non-hydrogen) atoms. The number of nitrogens with zero attached hydrogens (tertiary/aromatic N) is 1. The fraction of sp³-hybridized carbons (Fsp3) is 0.435. The maximum Gasteiger partial charge on any atom is 0.287 e. The molecule has 10 heteroatoms. The standard InChI is InChI=1S/C17H16FN3O4S.C6H13N/c1-24-7-10-8-26-17-13(10)15(22)20-14(21-17)16(23)19-6-9-3-4-11(18)12(5-9)25-2;7-6-4-2-1-3-5-6/h3-5,8H,6-7H2,1-2H3,(H,19,23)(H,20,21,22);6H,1-5,7H2. The Kier molecular flexibility index (Phi) is 8.93. The van der Waals surface area contributed by atoms with Gasteiger partial charge in [-0.15, -0.1) is 11.3 Å². The van der Waals surface area contributed by atoms with Gasteiger partial charge in [0.1, 0.15) is 4.83 Å². The van der Waals surface area contributed by atoms with E-state index in [4.69, 9.17) is 15.2 Å². The predicted octanol–water partition coefficient (Wildman–Crippen LogP) is 3.49. The van der Waals surface area contributed by atoms with E-state index in [9.17, 15) is 14.0 Å². The molecule has 1 aliphatic carbocycles. The number of hydrogen-bond donors (Lipinski definition) is 3. The first kappa shape index (κ1) is 24.8. The molecule has 1 amide bonds. The van der Waals surface area contributed by atoms with Crippen LogP contribution in [0.15, 0.2) is 28.4 Å². The Morgan fingerprint density at radius 3 is 2.70 bits per heavy atom. The van der Waals surface area contributed by atoms with E-state index in [1.54, 1.807) is 5.38 Å². The van der Waals surface area contributed by atoms with Gasteiger partial charge in [0.25, 0.3) is 11.5 Å². The Labute approximate surface area is 195 Å². The summed E-state index contributed by atoms with van der Waals surface area (Å²) >= 11 is 1.27. The van der Waals surface area contributed by atoms with Crippen molar-refractivity contribution in [1.29, 1.82) is 0 Å². The van der Waals surface area contributed by atoms with Gasteiger partial charge in [0, 0.05) is 25.3 Å². The number of fused-ring (bicyclic) bond motifs is 1. The molecule has 1 fully saturated rings. The van der Waals surface area contributed by atoms with Gasteiger partial charge in [-0.25, -0.2) is 9.37 Å². The van der Waals surface area contributed by atoms with Gasteiger partial charge in [-0.3, -0.25) is 9.59 Å². The summed E-state index contributed by atoms with van der Waals surface area (Å²) in [6, 6.07) is 4.82. The van der Waals surface area contributed by atoms with Crippen molar-refractivity contribution in [1.82, 2.24) is 15.3 Å². The number of H-pyrrole nitrogens is 1. The molecule has 4 N–H and O–H groups in total. The first-order valence-electron chi connectivity index (χ1n) is 10.8.